The van der Waals surface area contributed by atoms with Gasteiger partial charge in [0.05, 0.1) is 7.11 Å². The lowest BCUT2D eigenvalue weighted by Crippen LogP contribution is -2.20. The fraction of sp³-hybridized carbons (Fsp3) is 0.0833. The van der Waals surface area contributed by atoms with Crippen LogP contribution in [0.15, 0.2) is 78.9 Å². The summed E-state index contributed by atoms with van der Waals surface area (Å²) in [5.41, 5.74) is 1.90. The van der Waals surface area contributed by atoms with Crippen molar-refractivity contribution in [2.45, 2.75) is 0 Å². The quantitative estimate of drug-likeness (QED) is 0.432. The standard InChI is InChI=1S/C24H21NO5/c1-29-23-15-17(7-13-21(27)18-9-11-20(26)12-10-18)8-14-22(23)30-16-24(28)25-19-5-3-2-4-6-19/h2-15,26H,16H2,1H3,(H,25,28)/b13-7+. The van der Waals surface area contributed by atoms with Crippen LogP contribution < -0.4 is 14.8 Å². The molecule has 3 rings (SSSR count). The first kappa shape index (κ1) is 20.7. The second-order valence-electron chi connectivity index (χ2n) is 6.36. The highest BCUT2D eigenvalue weighted by atomic mass is 16.5. The largest absolute Gasteiger partial charge is 0.508 e. The average Bonchev–Trinajstić information content (AvgIpc) is 2.77. The summed E-state index contributed by atoms with van der Waals surface area (Å²) >= 11 is 0. The molecule has 0 aliphatic heterocycles. The zero-order valence-electron chi connectivity index (χ0n) is 16.4. The van der Waals surface area contributed by atoms with Crippen LogP contribution in [0.25, 0.3) is 6.08 Å². The van der Waals surface area contributed by atoms with Crippen LogP contribution in [0.2, 0.25) is 0 Å². The Morgan fingerprint density at radius 2 is 1.70 bits per heavy atom. The molecule has 0 unspecified atom stereocenters. The number of para-hydroxylation sites is 1. The molecule has 152 valence electrons. The summed E-state index contributed by atoms with van der Waals surface area (Å²) in [6.45, 7) is -0.167. The van der Waals surface area contributed by atoms with E-state index in [-0.39, 0.29) is 24.0 Å². The fourth-order valence-corrected chi connectivity index (χ4v) is 2.66. The molecule has 0 fully saturated rings. The van der Waals surface area contributed by atoms with Crippen LogP contribution in [0.5, 0.6) is 17.2 Å². The molecular formula is C24H21NO5. The number of rotatable bonds is 8. The number of aromatic hydroxyl groups is 1. The van der Waals surface area contributed by atoms with Gasteiger partial charge in [-0.1, -0.05) is 30.3 Å². The van der Waals surface area contributed by atoms with E-state index in [9.17, 15) is 14.7 Å². The van der Waals surface area contributed by atoms with Gasteiger partial charge in [0.25, 0.3) is 5.91 Å². The normalized spacial score (nSPS) is 10.6. The molecule has 0 aromatic heterocycles. The number of hydrogen-bond acceptors (Lipinski definition) is 5. The van der Waals surface area contributed by atoms with Gasteiger partial charge in [-0.25, -0.2) is 0 Å². The molecule has 6 nitrogen and oxygen atoms in total. The minimum absolute atomic E-state index is 0.105. The van der Waals surface area contributed by atoms with Gasteiger partial charge in [-0.3, -0.25) is 9.59 Å². The van der Waals surface area contributed by atoms with Crippen LogP contribution in [-0.2, 0) is 4.79 Å². The monoisotopic (exact) mass is 403 g/mol. The van der Waals surface area contributed by atoms with Crippen molar-refractivity contribution in [2.75, 3.05) is 19.0 Å². The maximum Gasteiger partial charge on any atom is 0.262 e. The number of phenolic OH excluding ortho intramolecular Hbond substituents is 1. The zero-order chi connectivity index (χ0) is 21.3. The number of methoxy groups -OCH3 is 1. The van der Waals surface area contributed by atoms with E-state index >= 15 is 0 Å². The highest BCUT2D eigenvalue weighted by Crippen LogP contribution is 2.28. The number of phenols is 1. The molecule has 3 aromatic carbocycles. The lowest BCUT2D eigenvalue weighted by Gasteiger charge is -2.11. The Morgan fingerprint density at radius 1 is 0.967 bits per heavy atom. The SMILES string of the molecule is COc1cc(/C=C/C(=O)c2ccc(O)cc2)ccc1OCC(=O)Nc1ccccc1. The number of benzene rings is 3. The van der Waals surface area contributed by atoms with Crippen molar-refractivity contribution < 1.29 is 24.2 Å². The molecule has 2 N–H and O–H groups in total. The number of ketones is 1. The molecule has 0 atom stereocenters. The summed E-state index contributed by atoms with van der Waals surface area (Å²) < 4.78 is 10.9. The first-order valence-corrected chi connectivity index (χ1v) is 9.22. The highest BCUT2D eigenvalue weighted by molar-refractivity contribution is 6.06. The Balaban J connectivity index is 1.62. The lowest BCUT2D eigenvalue weighted by atomic mass is 10.1. The van der Waals surface area contributed by atoms with Crippen LogP contribution in [0.4, 0.5) is 5.69 Å². The van der Waals surface area contributed by atoms with Gasteiger partial charge in [-0.2, -0.15) is 0 Å². The van der Waals surface area contributed by atoms with E-state index in [0.717, 1.165) is 5.56 Å². The topological polar surface area (TPSA) is 84.9 Å². The Kier molecular flexibility index (Phi) is 6.84. The van der Waals surface area contributed by atoms with Crippen molar-refractivity contribution in [2.24, 2.45) is 0 Å². The zero-order valence-corrected chi connectivity index (χ0v) is 16.4. The number of allylic oxidation sites excluding steroid dienone is 1. The van der Waals surface area contributed by atoms with Gasteiger partial charge in [-0.15, -0.1) is 0 Å². The maximum absolute atomic E-state index is 12.2. The molecule has 0 radical (unpaired) electrons. The molecule has 3 aromatic rings. The van der Waals surface area contributed by atoms with Crippen molar-refractivity contribution in [3.05, 3.63) is 90.0 Å². The van der Waals surface area contributed by atoms with E-state index in [1.807, 2.05) is 18.2 Å². The maximum atomic E-state index is 12.2. The number of nitrogens with one attached hydrogen (secondary N) is 1. The van der Waals surface area contributed by atoms with Gasteiger partial charge in [0.2, 0.25) is 0 Å². The van der Waals surface area contributed by atoms with Gasteiger partial charge in [0.15, 0.2) is 23.9 Å². The number of amides is 1. The summed E-state index contributed by atoms with van der Waals surface area (Å²) in [5.74, 6) is 0.497. The first-order chi connectivity index (χ1) is 14.5. The molecule has 0 saturated heterocycles. The van der Waals surface area contributed by atoms with E-state index < -0.39 is 0 Å². The summed E-state index contributed by atoms with van der Waals surface area (Å²) in [5, 5.41) is 12.0. The van der Waals surface area contributed by atoms with Crippen LogP contribution in [0.1, 0.15) is 15.9 Å². The Bertz CT molecular complexity index is 1040. The molecule has 0 aliphatic rings. The fourth-order valence-electron chi connectivity index (χ4n) is 2.66. The summed E-state index contributed by atoms with van der Waals surface area (Å²) in [6, 6.07) is 20.3. The number of hydrogen-bond donors (Lipinski definition) is 2. The predicted octanol–water partition coefficient (Wildman–Crippen LogP) is 4.31. The molecule has 0 aliphatic carbocycles. The third-order valence-electron chi connectivity index (χ3n) is 4.18. The Morgan fingerprint density at radius 3 is 2.40 bits per heavy atom. The molecular weight excluding hydrogens is 382 g/mol. The second kappa shape index (κ2) is 9.93. The summed E-state index contributed by atoms with van der Waals surface area (Å²) in [6.07, 6.45) is 3.10. The molecule has 0 heterocycles. The predicted molar refractivity (Wildman–Crippen MR) is 115 cm³/mol. The number of ether oxygens (including phenoxy) is 2. The van der Waals surface area contributed by atoms with E-state index in [1.165, 1.54) is 25.3 Å². The van der Waals surface area contributed by atoms with Crippen LogP contribution in [0.3, 0.4) is 0 Å². The van der Waals surface area contributed by atoms with Gasteiger partial charge < -0.3 is 19.9 Å². The molecule has 0 spiro atoms. The van der Waals surface area contributed by atoms with E-state index in [4.69, 9.17) is 9.47 Å². The molecule has 30 heavy (non-hydrogen) atoms. The molecule has 0 saturated carbocycles. The molecule has 6 heteroatoms. The van der Waals surface area contributed by atoms with Gasteiger partial charge >= 0.3 is 0 Å². The third kappa shape index (κ3) is 5.72. The lowest BCUT2D eigenvalue weighted by molar-refractivity contribution is -0.118. The number of carbonyl (C=O) groups is 2. The molecule has 1 amide bonds. The minimum Gasteiger partial charge on any atom is -0.508 e. The van der Waals surface area contributed by atoms with E-state index in [2.05, 4.69) is 5.32 Å². The average molecular weight is 403 g/mol. The third-order valence-corrected chi connectivity index (χ3v) is 4.18. The van der Waals surface area contributed by atoms with Crippen molar-refractivity contribution >= 4 is 23.5 Å². The van der Waals surface area contributed by atoms with Crippen molar-refractivity contribution in [3.8, 4) is 17.2 Å². The summed E-state index contributed by atoms with van der Waals surface area (Å²) in [7, 11) is 1.50. The van der Waals surface area contributed by atoms with E-state index in [0.29, 0.717) is 22.7 Å². The van der Waals surface area contributed by atoms with Gasteiger partial charge in [0, 0.05) is 11.3 Å². The van der Waals surface area contributed by atoms with Gasteiger partial charge in [-0.05, 0) is 60.2 Å². The van der Waals surface area contributed by atoms with Crippen LogP contribution in [-0.4, -0.2) is 30.5 Å². The Hall–Kier alpha value is -4.06. The number of carbonyl (C=O) groups excluding carboxylic acids is 2. The number of anilines is 1. The van der Waals surface area contributed by atoms with Crippen molar-refractivity contribution in [1.29, 1.82) is 0 Å². The minimum atomic E-state index is -0.285. The first-order valence-electron chi connectivity index (χ1n) is 9.22. The smallest absolute Gasteiger partial charge is 0.262 e. The van der Waals surface area contributed by atoms with Crippen molar-refractivity contribution in [3.63, 3.8) is 0 Å². The molecule has 0 bridgehead atoms. The second-order valence-corrected chi connectivity index (χ2v) is 6.36. The van der Waals surface area contributed by atoms with Crippen LogP contribution >= 0.6 is 0 Å². The highest BCUT2D eigenvalue weighted by Gasteiger charge is 2.09. The summed E-state index contributed by atoms with van der Waals surface area (Å²) in [4.78, 5) is 24.3. The van der Waals surface area contributed by atoms with E-state index in [1.54, 1.807) is 48.5 Å². The Labute approximate surface area is 174 Å². The van der Waals surface area contributed by atoms with Crippen LogP contribution in [0, 0.1) is 0 Å². The van der Waals surface area contributed by atoms with Crippen molar-refractivity contribution in [1.82, 2.24) is 0 Å². The van der Waals surface area contributed by atoms with Gasteiger partial charge in [0.1, 0.15) is 5.75 Å².